The summed E-state index contributed by atoms with van der Waals surface area (Å²) in [5, 5.41) is 2.88. The van der Waals surface area contributed by atoms with Gasteiger partial charge in [0, 0.05) is 26.7 Å². The summed E-state index contributed by atoms with van der Waals surface area (Å²) in [5.74, 6) is -0.354. The number of imidazole rings is 1. The van der Waals surface area contributed by atoms with Crippen molar-refractivity contribution in [3.8, 4) is 0 Å². The van der Waals surface area contributed by atoms with E-state index in [1.54, 1.807) is 11.7 Å². The van der Waals surface area contributed by atoms with E-state index in [1.807, 2.05) is 30.3 Å². The lowest BCUT2D eigenvalue weighted by molar-refractivity contribution is -0.121. The lowest BCUT2D eigenvalue weighted by Crippen LogP contribution is -2.45. The van der Waals surface area contributed by atoms with Crippen LogP contribution in [-0.4, -0.2) is 69.4 Å². The van der Waals surface area contributed by atoms with E-state index in [-0.39, 0.29) is 24.5 Å². The van der Waals surface area contributed by atoms with E-state index in [2.05, 4.69) is 15.2 Å². The zero-order valence-electron chi connectivity index (χ0n) is 20.3. The fourth-order valence-corrected chi connectivity index (χ4v) is 4.56. The topological polar surface area (TPSA) is 103 Å². The Morgan fingerprint density at radius 2 is 1.77 bits per heavy atom. The van der Waals surface area contributed by atoms with Crippen LogP contribution in [0.25, 0.3) is 11.2 Å². The summed E-state index contributed by atoms with van der Waals surface area (Å²) in [4.78, 5) is 46.2. The van der Waals surface area contributed by atoms with Gasteiger partial charge < -0.3 is 19.5 Å². The van der Waals surface area contributed by atoms with Gasteiger partial charge in [-0.1, -0.05) is 43.2 Å². The monoisotopic (exact) mass is 482 g/mol. The minimum Gasteiger partial charge on any atom is -0.383 e. The summed E-state index contributed by atoms with van der Waals surface area (Å²) in [7, 11) is 1.58. The van der Waals surface area contributed by atoms with Crippen LogP contribution in [0.3, 0.4) is 0 Å². The molecule has 4 rings (SSSR count). The van der Waals surface area contributed by atoms with Crippen LogP contribution >= 0.6 is 0 Å². The van der Waals surface area contributed by atoms with E-state index in [0.29, 0.717) is 25.3 Å². The molecule has 188 valence electrons. The Bertz CT molecular complexity index is 1240. The lowest BCUT2D eigenvalue weighted by Gasteiger charge is -2.19. The molecule has 1 N–H and O–H groups in total. The number of methoxy groups -OCH3 is 1. The van der Waals surface area contributed by atoms with Gasteiger partial charge >= 0.3 is 5.69 Å². The highest BCUT2D eigenvalue weighted by Gasteiger charge is 2.20. The molecule has 0 saturated carbocycles. The van der Waals surface area contributed by atoms with Crippen LogP contribution in [0.4, 0.5) is 0 Å². The van der Waals surface area contributed by atoms with Gasteiger partial charge in [-0.2, -0.15) is 0 Å². The van der Waals surface area contributed by atoms with E-state index in [0.717, 1.165) is 29.8 Å². The predicted molar refractivity (Wildman–Crippen MR) is 134 cm³/mol. The zero-order chi connectivity index (χ0) is 24.6. The van der Waals surface area contributed by atoms with Gasteiger partial charge in [0.05, 0.1) is 19.5 Å². The van der Waals surface area contributed by atoms with Crippen LogP contribution < -0.4 is 16.6 Å². The number of likely N-dealkylation sites (tertiary alicyclic amines) is 1. The molecule has 0 unspecified atom stereocenters. The average Bonchev–Trinajstić information content (AvgIpc) is 3.11. The van der Waals surface area contributed by atoms with Gasteiger partial charge in [0.1, 0.15) is 6.54 Å². The molecule has 1 fully saturated rings. The van der Waals surface area contributed by atoms with E-state index < -0.39 is 11.2 Å². The maximum absolute atomic E-state index is 13.4. The largest absolute Gasteiger partial charge is 0.383 e. The first-order valence-electron chi connectivity index (χ1n) is 12.3. The first-order valence-corrected chi connectivity index (χ1v) is 12.3. The second-order valence-corrected chi connectivity index (χ2v) is 8.95. The molecule has 0 aliphatic carbocycles. The third kappa shape index (κ3) is 6.07. The Kier molecular flexibility index (Phi) is 8.49. The molecule has 1 amide bonds. The lowest BCUT2D eigenvalue weighted by atomic mass is 10.2. The summed E-state index contributed by atoms with van der Waals surface area (Å²) >= 11 is 0. The molecule has 1 aliphatic rings. The van der Waals surface area contributed by atoms with Crippen molar-refractivity contribution >= 4 is 17.1 Å². The maximum Gasteiger partial charge on any atom is 0.333 e. The van der Waals surface area contributed by atoms with Gasteiger partial charge in [-0.3, -0.25) is 14.2 Å². The highest BCUT2D eigenvalue weighted by Crippen LogP contribution is 2.10. The molecular weight excluding hydrogens is 448 g/mol. The molecule has 10 heteroatoms. The molecule has 3 heterocycles. The second kappa shape index (κ2) is 11.9. The van der Waals surface area contributed by atoms with Crippen molar-refractivity contribution in [2.45, 2.75) is 45.3 Å². The van der Waals surface area contributed by atoms with E-state index in [9.17, 15) is 14.4 Å². The van der Waals surface area contributed by atoms with Crippen molar-refractivity contribution in [1.29, 1.82) is 0 Å². The number of aromatic nitrogens is 4. The normalized spacial score (nSPS) is 14.8. The highest BCUT2D eigenvalue weighted by molar-refractivity contribution is 5.76. The number of nitrogens with one attached hydrogen (secondary N) is 1. The van der Waals surface area contributed by atoms with E-state index in [1.165, 1.54) is 36.6 Å². The fourth-order valence-electron chi connectivity index (χ4n) is 4.56. The summed E-state index contributed by atoms with van der Waals surface area (Å²) in [5.41, 5.74) is 0.416. The fraction of sp³-hybridized carbons (Fsp3) is 0.520. The molecular formula is C25H34N6O4. The Hall–Kier alpha value is -3.24. The van der Waals surface area contributed by atoms with Crippen LogP contribution in [-0.2, 0) is 29.2 Å². The Labute approximate surface area is 204 Å². The number of carbonyl (C=O) groups excluding carboxylic acids is 1. The molecule has 0 radical (unpaired) electrons. The number of nitrogens with zero attached hydrogens (tertiary/aromatic N) is 5. The third-order valence-electron chi connectivity index (χ3n) is 6.45. The minimum atomic E-state index is -0.550. The smallest absolute Gasteiger partial charge is 0.333 e. The summed E-state index contributed by atoms with van der Waals surface area (Å²) in [6.45, 7) is 4.05. The first-order chi connectivity index (χ1) is 17.1. The van der Waals surface area contributed by atoms with Crippen molar-refractivity contribution in [2.24, 2.45) is 0 Å². The average molecular weight is 483 g/mol. The molecule has 1 aliphatic heterocycles. The molecule has 3 aromatic rings. The van der Waals surface area contributed by atoms with E-state index >= 15 is 0 Å². The van der Waals surface area contributed by atoms with Crippen molar-refractivity contribution in [3.63, 3.8) is 0 Å². The molecule has 0 spiro atoms. The maximum atomic E-state index is 13.4. The zero-order valence-corrected chi connectivity index (χ0v) is 20.3. The van der Waals surface area contributed by atoms with Gasteiger partial charge in [0.2, 0.25) is 5.91 Å². The highest BCUT2D eigenvalue weighted by atomic mass is 16.5. The Balaban J connectivity index is 1.58. The summed E-state index contributed by atoms with van der Waals surface area (Å²) < 4.78 is 9.30. The number of hydrogen-bond donors (Lipinski definition) is 1. The molecule has 0 bridgehead atoms. The van der Waals surface area contributed by atoms with Gasteiger partial charge in [-0.25, -0.2) is 14.3 Å². The Morgan fingerprint density at radius 3 is 2.49 bits per heavy atom. The van der Waals surface area contributed by atoms with E-state index in [4.69, 9.17) is 4.74 Å². The van der Waals surface area contributed by atoms with Crippen LogP contribution in [0.15, 0.2) is 46.2 Å². The molecule has 35 heavy (non-hydrogen) atoms. The van der Waals surface area contributed by atoms with Gasteiger partial charge in [0.25, 0.3) is 5.56 Å². The van der Waals surface area contributed by atoms with Gasteiger partial charge in [-0.05, 0) is 31.5 Å². The number of carbonyl (C=O) groups is 1. The number of amides is 1. The van der Waals surface area contributed by atoms with Crippen molar-refractivity contribution in [1.82, 2.24) is 28.9 Å². The molecule has 1 aromatic carbocycles. The van der Waals surface area contributed by atoms with Crippen LogP contribution in [0, 0.1) is 0 Å². The molecule has 0 atom stereocenters. The summed E-state index contributed by atoms with van der Waals surface area (Å²) in [6, 6.07) is 9.50. The van der Waals surface area contributed by atoms with Gasteiger partial charge in [-0.15, -0.1) is 0 Å². The molecule has 2 aromatic heterocycles. The predicted octanol–water partition coefficient (Wildman–Crippen LogP) is 1.05. The van der Waals surface area contributed by atoms with Crippen molar-refractivity contribution < 1.29 is 9.53 Å². The van der Waals surface area contributed by atoms with Crippen molar-refractivity contribution in [3.05, 3.63) is 63.1 Å². The molecule has 10 nitrogen and oxygen atoms in total. The number of rotatable bonds is 10. The van der Waals surface area contributed by atoms with Crippen LogP contribution in [0.5, 0.6) is 0 Å². The quantitative estimate of drug-likeness (QED) is 0.463. The molecule has 1 saturated heterocycles. The number of ether oxygens (including phenoxy) is 1. The second-order valence-electron chi connectivity index (χ2n) is 8.95. The third-order valence-corrected chi connectivity index (χ3v) is 6.45. The van der Waals surface area contributed by atoms with Crippen LogP contribution in [0.1, 0.15) is 31.2 Å². The number of benzene rings is 1. The standard InChI is InChI=1S/C25H34N6O4/c1-35-16-15-29-19-27-23-22(29)24(33)31(25(34)30(23)17-20-9-5-4-6-10-20)18-21(32)26-11-14-28-12-7-2-3-8-13-28/h4-6,9-10,19H,2-3,7-8,11-18H2,1H3,(H,26,32). The van der Waals surface area contributed by atoms with Gasteiger partial charge in [0.15, 0.2) is 11.2 Å². The minimum absolute atomic E-state index is 0.244. The number of fused-ring (bicyclic) bond motifs is 1. The van der Waals surface area contributed by atoms with Crippen molar-refractivity contribution in [2.75, 3.05) is 39.9 Å². The number of hydrogen-bond acceptors (Lipinski definition) is 6. The SMILES string of the molecule is COCCn1cnc2c1c(=O)n(CC(=O)NCCN1CCCCCC1)c(=O)n2Cc1ccccc1. The summed E-state index contributed by atoms with van der Waals surface area (Å²) in [6.07, 6.45) is 6.41. The Morgan fingerprint density at radius 1 is 1.03 bits per heavy atom. The van der Waals surface area contributed by atoms with Crippen LogP contribution in [0.2, 0.25) is 0 Å². The first kappa shape index (κ1) is 24.9.